The molecule has 0 radical (unpaired) electrons. The summed E-state index contributed by atoms with van der Waals surface area (Å²) in [4.78, 5) is 27.9. The smallest absolute Gasteiger partial charge is 0.254 e. The van der Waals surface area contributed by atoms with Crippen molar-refractivity contribution in [3.05, 3.63) is 76.8 Å². The van der Waals surface area contributed by atoms with Crippen LogP contribution in [0.2, 0.25) is 0 Å². The zero-order chi connectivity index (χ0) is 22.1. The number of anilines is 1. The van der Waals surface area contributed by atoms with Gasteiger partial charge in [-0.05, 0) is 47.9 Å². The molecule has 0 saturated carbocycles. The molecule has 1 aliphatic rings. The summed E-state index contributed by atoms with van der Waals surface area (Å²) in [5.74, 6) is -0.353. The number of fused-ring (bicyclic) bond motifs is 1. The monoisotopic (exact) mass is 506 g/mol. The molecule has 2 heterocycles. The van der Waals surface area contributed by atoms with E-state index >= 15 is 0 Å². The highest BCUT2D eigenvalue weighted by Gasteiger charge is 2.35. The number of aromatic nitrogens is 2. The van der Waals surface area contributed by atoms with Crippen LogP contribution in [0, 0.1) is 0 Å². The molecule has 1 aliphatic heterocycles. The molecule has 2 amide bonds. The van der Waals surface area contributed by atoms with Crippen LogP contribution >= 0.6 is 27.3 Å². The van der Waals surface area contributed by atoms with Gasteiger partial charge in [-0.25, -0.2) is 0 Å². The molecule has 1 N–H and O–H groups in total. The van der Waals surface area contributed by atoms with Gasteiger partial charge in [-0.15, -0.1) is 10.2 Å². The summed E-state index contributed by atoms with van der Waals surface area (Å²) >= 11 is 4.76. The van der Waals surface area contributed by atoms with Crippen molar-refractivity contribution in [3.8, 4) is 10.6 Å². The van der Waals surface area contributed by atoms with E-state index in [0.717, 1.165) is 32.2 Å². The zero-order valence-electron chi connectivity index (χ0n) is 17.0. The van der Waals surface area contributed by atoms with Gasteiger partial charge in [0.2, 0.25) is 11.0 Å². The van der Waals surface area contributed by atoms with Crippen LogP contribution < -0.4 is 5.32 Å². The van der Waals surface area contributed by atoms with Crippen LogP contribution in [0.4, 0.5) is 5.13 Å². The minimum absolute atomic E-state index is 0.125. The molecule has 0 bridgehead atoms. The first-order valence-electron chi connectivity index (χ1n) is 10.3. The highest BCUT2D eigenvalue weighted by Crippen LogP contribution is 2.29. The SMILES string of the molecule is O=C(Nc1nnc(-c2cccc(Br)c2)s1)[C@H]1CCCN1C(=O)c1ccc2ccccc2c1. The number of benzene rings is 3. The summed E-state index contributed by atoms with van der Waals surface area (Å²) < 4.78 is 0.949. The van der Waals surface area contributed by atoms with Crippen LogP contribution in [0.1, 0.15) is 23.2 Å². The van der Waals surface area contributed by atoms with Gasteiger partial charge in [0.15, 0.2) is 0 Å². The van der Waals surface area contributed by atoms with Crippen molar-refractivity contribution in [3.63, 3.8) is 0 Å². The normalized spacial score (nSPS) is 15.8. The Kier molecular flexibility index (Phi) is 5.71. The molecule has 0 unspecified atom stereocenters. The second-order valence-electron chi connectivity index (χ2n) is 7.63. The van der Waals surface area contributed by atoms with Crippen molar-refractivity contribution in [2.75, 3.05) is 11.9 Å². The zero-order valence-corrected chi connectivity index (χ0v) is 19.4. The topological polar surface area (TPSA) is 75.2 Å². The fraction of sp³-hybridized carbons (Fsp3) is 0.167. The third-order valence-corrected chi connectivity index (χ3v) is 6.92. The fourth-order valence-corrected chi connectivity index (χ4v) is 5.11. The molecule has 160 valence electrons. The fourth-order valence-electron chi connectivity index (χ4n) is 3.97. The first-order chi connectivity index (χ1) is 15.6. The van der Waals surface area contributed by atoms with Crippen molar-refractivity contribution in [1.29, 1.82) is 0 Å². The average molecular weight is 507 g/mol. The highest BCUT2D eigenvalue weighted by molar-refractivity contribution is 9.10. The van der Waals surface area contributed by atoms with Gasteiger partial charge in [0.1, 0.15) is 11.0 Å². The average Bonchev–Trinajstić information content (AvgIpc) is 3.48. The van der Waals surface area contributed by atoms with E-state index in [2.05, 4.69) is 31.4 Å². The summed E-state index contributed by atoms with van der Waals surface area (Å²) in [6, 6.07) is 20.8. The van der Waals surface area contributed by atoms with E-state index < -0.39 is 6.04 Å². The van der Waals surface area contributed by atoms with Crippen LogP contribution in [-0.2, 0) is 4.79 Å². The quantitative estimate of drug-likeness (QED) is 0.404. The molecular formula is C24H19BrN4O2S. The number of carbonyl (C=O) groups excluding carboxylic acids is 2. The first-order valence-corrected chi connectivity index (χ1v) is 11.9. The van der Waals surface area contributed by atoms with Gasteiger partial charge in [-0.1, -0.05) is 69.7 Å². The Balaban J connectivity index is 1.32. The maximum absolute atomic E-state index is 13.2. The second kappa shape index (κ2) is 8.80. The Labute approximate surface area is 197 Å². The number of nitrogens with zero attached hydrogens (tertiary/aromatic N) is 3. The summed E-state index contributed by atoms with van der Waals surface area (Å²) in [6.07, 6.45) is 1.42. The highest BCUT2D eigenvalue weighted by atomic mass is 79.9. The van der Waals surface area contributed by atoms with Gasteiger partial charge in [0.05, 0.1) is 0 Å². The minimum Gasteiger partial charge on any atom is -0.327 e. The Hall–Kier alpha value is -3.10. The van der Waals surface area contributed by atoms with E-state index in [4.69, 9.17) is 0 Å². The largest absolute Gasteiger partial charge is 0.327 e. The van der Waals surface area contributed by atoms with Crippen LogP contribution in [-0.4, -0.2) is 39.5 Å². The number of rotatable bonds is 4. The van der Waals surface area contributed by atoms with Gasteiger partial charge in [-0.2, -0.15) is 0 Å². The summed E-state index contributed by atoms with van der Waals surface area (Å²) in [5, 5.41) is 14.4. The lowest BCUT2D eigenvalue weighted by atomic mass is 10.1. The third-order valence-electron chi connectivity index (χ3n) is 5.54. The summed E-state index contributed by atoms with van der Waals surface area (Å²) in [5.41, 5.74) is 1.52. The van der Waals surface area contributed by atoms with Gasteiger partial charge >= 0.3 is 0 Å². The molecule has 1 atom stereocenters. The van der Waals surface area contributed by atoms with Gasteiger partial charge < -0.3 is 4.90 Å². The summed E-state index contributed by atoms with van der Waals surface area (Å²) in [7, 11) is 0. The van der Waals surface area contributed by atoms with E-state index in [1.165, 1.54) is 11.3 Å². The van der Waals surface area contributed by atoms with E-state index in [9.17, 15) is 9.59 Å². The molecule has 8 heteroatoms. The molecule has 1 aromatic heterocycles. The molecule has 6 nitrogen and oxygen atoms in total. The van der Waals surface area contributed by atoms with Crippen LogP contribution in [0.5, 0.6) is 0 Å². The number of carbonyl (C=O) groups is 2. The number of likely N-dealkylation sites (tertiary alicyclic amines) is 1. The number of hydrogen-bond donors (Lipinski definition) is 1. The standard InChI is InChI=1S/C24H19BrN4O2S/c25-19-8-3-7-17(14-19)22-27-28-24(32-22)26-21(30)20-9-4-12-29(20)23(31)18-11-10-15-5-1-2-6-16(15)13-18/h1-3,5-8,10-11,13-14,20H,4,9,12H2,(H,26,28,30)/t20-/m1/s1. The van der Waals surface area contributed by atoms with Crippen molar-refractivity contribution in [1.82, 2.24) is 15.1 Å². The van der Waals surface area contributed by atoms with Crippen molar-refractivity contribution < 1.29 is 9.59 Å². The molecule has 0 spiro atoms. The van der Waals surface area contributed by atoms with Crippen LogP contribution in [0.15, 0.2) is 71.2 Å². The summed E-state index contributed by atoms with van der Waals surface area (Å²) in [6.45, 7) is 0.559. The lowest BCUT2D eigenvalue weighted by Crippen LogP contribution is -2.43. The molecule has 32 heavy (non-hydrogen) atoms. The van der Waals surface area contributed by atoms with E-state index in [1.54, 1.807) is 4.90 Å². The molecular weight excluding hydrogens is 488 g/mol. The molecule has 5 rings (SSSR count). The molecule has 1 saturated heterocycles. The predicted octanol–water partition coefficient (Wildman–Crippen LogP) is 5.36. The molecule has 3 aromatic carbocycles. The van der Waals surface area contributed by atoms with E-state index in [-0.39, 0.29) is 11.8 Å². The van der Waals surface area contributed by atoms with Gasteiger partial charge in [0, 0.05) is 22.1 Å². The van der Waals surface area contributed by atoms with E-state index in [0.29, 0.717) is 23.7 Å². The lowest BCUT2D eigenvalue weighted by molar-refractivity contribution is -0.119. The Morgan fingerprint density at radius 1 is 1.00 bits per heavy atom. The van der Waals surface area contributed by atoms with E-state index in [1.807, 2.05) is 66.7 Å². The van der Waals surface area contributed by atoms with Crippen molar-refractivity contribution >= 4 is 55.0 Å². The van der Waals surface area contributed by atoms with Crippen LogP contribution in [0.25, 0.3) is 21.3 Å². The number of nitrogens with one attached hydrogen (secondary N) is 1. The Morgan fingerprint density at radius 2 is 1.84 bits per heavy atom. The first kappa shape index (κ1) is 20.8. The maximum atomic E-state index is 13.2. The third kappa shape index (κ3) is 4.16. The maximum Gasteiger partial charge on any atom is 0.254 e. The molecule has 4 aromatic rings. The van der Waals surface area contributed by atoms with Crippen molar-refractivity contribution in [2.24, 2.45) is 0 Å². The van der Waals surface area contributed by atoms with Crippen LogP contribution in [0.3, 0.4) is 0 Å². The van der Waals surface area contributed by atoms with Gasteiger partial charge in [0.25, 0.3) is 5.91 Å². The number of hydrogen-bond acceptors (Lipinski definition) is 5. The molecule has 1 fully saturated rings. The number of amides is 2. The Bertz CT molecular complexity index is 1320. The van der Waals surface area contributed by atoms with Crippen molar-refractivity contribution in [2.45, 2.75) is 18.9 Å². The molecule has 0 aliphatic carbocycles. The predicted molar refractivity (Wildman–Crippen MR) is 130 cm³/mol. The van der Waals surface area contributed by atoms with Gasteiger partial charge in [-0.3, -0.25) is 14.9 Å². The Morgan fingerprint density at radius 3 is 2.69 bits per heavy atom. The number of halogens is 1. The second-order valence-corrected chi connectivity index (χ2v) is 9.52. The lowest BCUT2D eigenvalue weighted by Gasteiger charge is -2.23. The minimum atomic E-state index is -0.521.